The lowest BCUT2D eigenvalue weighted by atomic mass is 9.68. The van der Waals surface area contributed by atoms with Crippen molar-refractivity contribution in [3.63, 3.8) is 0 Å². The molecule has 1 unspecified atom stereocenters. The van der Waals surface area contributed by atoms with Crippen molar-refractivity contribution in [3.8, 4) is 0 Å². The molecule has 168 valence electrons. The summed E-state index contributed by atoms with van der Waals surface area (Å²) in [6.07, 6.45) is 2.22. The van der Waals surface area contributed by atoms with Crippen molar-refractivity contribution in [1.29, 1.82) is 0 Å². The molecule has 3 saturated carbocycles. The second kappa shape index (κ2) is 8.67. The third kappa shape index (κ3) is 4.94. The SMILES string of the molecule is O=S(=O)(NCC1CCOCC1)c1ccc(NC2CC3CCC2CC3)cc1C(F)(F)F. The van der Waals surface area contributed by atoms with Crippen LogP contribution >= 0.6 is 0 Å². The average molecular weight is 447 g/mol. The molecule has 0 spiro atoms. The lowest BCUT2D eigenvalue weighted by molar-refractivity contribution is -0.139. The van der Waals surface area contributed by atoms with Crippen LogP contribution in [0.15, 0.2) is 23.1 Å². The Hall–Kier alpha value is -1.32. The van der Waals surface area contributed by atoms with Crippen molar-refractivity contribution in [3.05, 3.63) is 23.8 Å². The number of anilines is 1. The van der Waals surface area contributed by atoms with Gasteiger partial charge in [0.1, 0.15) is 0 Å². The smallest absolute Gasteiger partial charge is 0.382 e. The van der Waals surface area contributed by atoms with Crippen LogP contribution < -0.4 is 10.0 Å². The number of fused-ring (bicyclic) bond motifs is 3. The highest BCUT2D eigenvalue weighted by atomic mass is 32.2. The number of rotatable bonds is 6. The number of sulfonamides is 1. The van der Waals surface area contributed by atoms with E-state index in [2.05, 4.69) is 10.0 Å². The maximum atomic E-state index is 13.7. The van der Waals surface area contributed by atoms with E-state index >= 15 is 0 Å². The maximum absolute atomic E-state index is 13.7. The van der Waals surface area contributed by atoms with Crippen LogP contribution in [0.3, 0.4) is 0 Å². The minimum absolute atomic E-state index is 0.0746. The molecule has 3 aliphatic carbocycles. The fourth-order valence-corrected chi connectivity index (χ4v) is 6.42. The molecule has 1 saturated heterocycles. The quantitative estimate of drug-likeness (QED) is 0.680. The Bertz CT molecular complexity index is 846. The number of benzene rings is 1. The standard InChI is InChI=1S/C21H29F3N2O3S/c22-21(23,24)18-12-17(26-19-11-14-1-3-16(19)4-2-14)5-6-20(18)30(27,28)25-13-15-7-9-29-10-8-15/h5-6,12,14-16,19,25-26H,1-4,7-11,13H2. The largest absolute Gasteiger partial charge is 0.417 e. The second-order valence-corrected chi connectivity index (χ2v) is 10.6. The molecule has 0 radical (unpaired) electrons. The van der Waals surface area contributed by atoms with Gasteiger partial charge in [-0.1, -0.05) is 12.8 Å². The molecule has 1 heterocycles. The normalized spacial score (nSPS) is 27.9. The number of hydrogen-bond donors (Lipinski definition) is 2. The van der Waals surface area contributed by atoms with Crippen LogP contribution in [0.2, 0.25) is 0 Å². The van der Waals surface area contributed by atoms with Gasteiger partial charge < -0.3 is 10.1 Å². The molecule has 4 aliphatic rings. The van der Waals surface area contributed by atoms with Gasteiger partial charge in [-0.3, -0.25) is 0 Å². The van der Waals surface area contributed by atoms with Crippen molar-refractivity contribution < 1.29 is 26.3 Å². The maximum Gasteiger partial charge on any atom is 0.417 e. The lowest BCUT2D eigenvalue weighted by Gasteiger charge is -2.43. The van der Waals surface area contributed by atoms with E-state index in [0.717, 1.165) is 31.4 Å². The first-order chi connectivity index (χ1) is 14.2. The predicted octanol–water partition coefficient (Wildman–Crippen LogP) is 4.40. The van der Waals surface area contributed by atoms with Crippen LogP contribution in [0.25, 0.3) is 0 Å². The van der Waals surface area contributed by atoms with Gasteiger partial charge in [0.15, 0.2) is 0 Å². The fourth-order valence-electron chi connectivity index (χ4n) is 5.10. The Morgan fingerprint density at radius 3 is 2.33 bits per heavy atom. The first kappa shape index (κ1) is 21.9. The van der Waals surface area contributed by atoms with Gasteiger partial charge in [0, 0.05) is 31.5 Å². The van der Waals surface area contributed by atoms with Crippen molar-refractivity contribution in [2.75, 3.05) is 25.1 Å². The summed E-state index contributed by atoms with van der Waals surface area (Å²) in [5, 5.41) is 3.26. The van der Waals surface area contributed by atoms with E-state index in [1.165, 1.54) is 18.9 Å². The van der Waals surface area contributed by atoms with Crippen LogP contribution in [0.5, 0.6) is 0 Å². The third-order valence-electron chi connectivity index (χ3n) is 6.88. The van der Waals surface area contributed by atoms with Crippen molar-refractivity contribution in [2.45, 2.75) is 62.1 Å². The van der Waals surface area contributed by atoms with E-state index in [0.29, 0.717) is 43.6 Å². The highest BCUT2D eigenvalue weighted by Crippen LogP contribution is 2.43. The monoisotopic (exact) mass is 446 g/mol. The summed E-state index contributed by atoms with van der Waals surface area (Å²) in [5.41, 5.74) is -0.781. The van der Waals surface area contributed by atoms with Gasteiger partial charge >= 0.3 is 6.18 Å². The van der Waals surface area contributed by atoms with Crippen LogP contribution in [0, 0.1) is 17.8 Å². The van der Waals surface area contributed by atoms with E-state index in [-0.39, 0.29) is 18.5 Å². The van der Waals surface area contributed by atoms with Gasteiger partial charge in [0.2, 0.25) is 10.0 Å². The minimum Gasteiger partial charge on any atom is -0.382 e. The lowest BCUT2D eigenvalue weighted by Crippen LogP contribution is -2.40. The van der Waals surface area contributed by atoms with E-state index in [1.807, 2.05) is 0 Å². The molecule has 1 aliphatic heterocycles. The molecule has 4 fully saturated rings. The summed E-state index contributed by atoms with van der Waals surface area (Å²) in [6, 6.07) is 3.65. The zero-order valence-electron chi connectivity index (χ0n) is 16.9. The third-order valence-corrected chi connectivity index (χ3v) is 8.36. The summed E-state index contributed by atoms with van der Waals surface area (Å²) in [6.45, 7) is 1.21. The molecule has 9 heteroatoms. The zero-order chi connectivity index (χ0) is 21.4. The highest BCUT2D eigenvalue weighted by molar-refractivity contribution is 7.89. The van der Waals surface area contributed by atoms with Gasteiger partial charge in [0.25, 0.3) is 0 Å². The Morgan fingerprint density at radius 1 is 1.03 bits per heavy atom. The summed E-state index contributed by atoms with van der Waals surface area (Å²) in [5.74, 6) is 1.20. The summed E-state index contributed by atoms with van der Waals surface area (Å²) in [4.78, 5) is -0.710. The number of alkyl halides is 3. The molecule has 0 aromatic heterocycles. The van der Waals surface area contributed by atoms with Crippen LogP contribution in [0.4, 0.5) is 18.9 Å². The topological polar surface area (TPSA) is 67.4 Å². The van der Waals surface area contributed by atoms with Crippen LogP contribution in [-0.4, -0.2) is 34.2 Å². The number of halogens is 3. The number of hydrogen-bond acceptors (Lipinski definition) is 4. The van der Waals surface area contributed by atoms with Crippen LogP contribution in [0.1, 0.15) is 50.5 Å². The first-order valence-corrected chi connectivity index (χ1v) is 12.3. The second-order valence-electron chi connectivity index (χ2n) is 8.88. The summed E-state index contributed by atoms with van der Waals surface area (Å²) in [7, 11) is -4.27. The Labute approximate surface area is 175 Å². The van der Waals surface area contributed by atoms with E-state index in [4.69, 9.17) is 4.74 Å². The molecule has 30 heavy (non-hydrogen) atoms. The van der Waals surface area contributed by atoms with Gasteiger partial charge in [-0.2, -0.15) is 13.2 Å². The average Bonchev–Trinajstić information content (AvgIpc) is 2.73. The molecule has 5 nitrogen and oxygen atoms in total. The van der Waals surface area contributed by atoms with Gasteiger partial charge in [-0.15, -0.1) is 0 Å². The zero-order valence-corrected chi connectivity index (χ0v) is 17.7. The molecule has 0 amide bonds. The van der Waals surface area contributed by atoms with Gasteiger partial charge in [-0.05, 0) is 68.1 Å². The van der Waals surface area contributed by atoms with E-state index < -0.39 is 26.7 Å². The molecule has 1 atom stereocenters. The molecule has 1 aromatic carbocycles. The summed E-state index contributed by atoms with van der Waals surface area (Å²) < 4.78 is 74.2. The summed E-state index contributed by atoms with van der Waals surface area (Å²) >= 11 is 0. The van der Waals surface area contributed by atoms with Crippen molar-refractivity contribution >= 4 is 15.7 Å². The minimum atomic E-state index is -4.76. The Balaban J connectivity index is 1.52. The molecule has 2 N–H and O–H groups in total. The molecular weight excluding hydrogens is 417 g/mol. The Morgan fingerprint density at radius 2 is 1.73 bits per heavy atom. The molecule has 2 bridgehead atoms. The number of nitrogens with one attached hydrogen (secondary N) is 2. The van der Waals surface area contributed by atoms with E-state index in [1.54, 1.807) is 0 Å². The first-order valence-electron chi connectivity index (χ1n) is 10.8. The molecule has 5 rings (SSSR count). The van der Waals surface area contributed by atoms with Crippen molar-refractivity contribution in [2.24, 2.45) is 17.8 Å². The van der Waals surface area contributed by atoms with Crippen LogP contribution in [-0.2, 0) is 20.9 Å². The molecular formula is C21H29F3N2O3S. The molecule has 1 aromatic rings. The highest BCUT2D eigenvalue weighted by Gasteiger charge is 2.39. The van der Waals surface area contributed by atoms with Crippen molar-refractivity contribution in [1.82, 2.24) is 4.72 Å². The predicted molar refractivity (Wildman–Crippen MR) is 108 cm³/mol. The Kier molecular flexibility index (Phi) is 6.33. The van der Waals surface area contributed by atoms with Gasteiger partial charge in [0.05, 0.1) is 10.5 Å². The fraction of sp³-hybridized carbons (Fsp3) is 0.714. The number of ether oxygens (including phenoxy) is 1. The van der Waals surface area contributed by atoms with E-state index in [9.17, 15) is 21.6 Å². The van der Waals surface area contributed by atoms with Gasteiger partial charge in [-0.25, -0.2) is 13.1 Å².